The van der Waals surface area contributed by atoms with Crippen molar-refractivity contribution in [3.8, 4) is 0 Å². The molecule has 0 aliphatic rings. The minimum absolute atomic E-state index is 0.0781. The Labute approximate surface area is 95.0 Å². The van der Waals surface area contributed by atoms with Gasteiger partial charge >= 0.3 is 0 Å². The van der Waals surface area contributed by atoms with E-state index in [2.05, 4.69) is 0 Å². The third-order valence-corrected chi connectivity index (χ3v) is 2.26. The number of furan rings is 1. The van der Waals surface area contributed by atoms with E-state index in [1.165, 1.54) is 0 Å². The van der Waals surface area contributed by atoms with Gasteiger partial charge in [0.05, 0.1) is 0 Å². The molecule has 0 saturated carbocycles. The number of aryl methyl sites for hydroxylation is 1. The largest absolute Gasteiger partial charge is 0.456 e. The highest BCUT2D eigenvalue weighted by molar-refractivity contribution is 6.18. The highest BCUT2D eigenvalue weighted by atomic mass is 35.5. The maximum Gasteiger partial charge on any atom is 0.289 e. The molecule has 0 N–H and O–H groups in total. The van der Waals surface area contributed by atoms with Crippen LogP contribution in [0.5, 0.6) is 0 Å². The molecule has 0 radical (unpaired) electrons. The molecule has 0 spiro atoms. The molecular formula is C11H16ClNO2. The standard InChI is InChI=1S/C11H16ClNO2/c1-3-7-13(8-6-12)11(14)10-5-4-9(2)15-10/h4-5H,3,6-8H2,1-2H3. The first kappa shape index (κ1) is 12.1. The van der Waals surface area contributed by atoms with Gasteiger partial charge in [0.25, 0.3) is 5.91 Å². The molecule has 1 aromatic heterocycles. The van der Waals surface area contributed by atoms with E-state index in [0.717, 1.165) is 12.2 Å². The number of rotatable bonds is 5. The summed E-state index contributed by atoms with van der Waals surface area (Å²) in [4.78, 5) is 13.6. The predicted molar refractivity (Wildman–Crippen MR) is 60.4 cm³/mol. The van der Waals surface area contributed by atoms with Crippen LogP contribution in [0.15, 0.2) is 16.5 Å². The molecule has 1 amide bonds. The SMILES string of the molecule is CCCN(CCCl)C(=O)c1ccc(C)o1. The zero-order valence-electron chi connectivity index (χ0n) is 9.12. The summed E-state index contributed by atoms with van der Waals surface area (Å²) in [5, 5.41) is 0. The summed E-state index contributed by atoms with van der Waals surface area (Å²) in [6.45, 7) is 5.13. The summed E-state index contributed by atoms with van der Waals surface area (Å²) in [5.74, 6) is 1.52. The molecular weight excluding hydrogens is 214 g/mol. The molecule has 84 valence electrons. The number of hydrogen-bond acceptors (Lipinski definition) is 2. The average Bonchev–Trinajstić information content (AvgIpc) is 2.63. The fraction of sp³-hybridized carbons (Fsp3) is 0.545. The summed E-state index contributed by atoms with van der Waals surface area (Å²) in [6.07, 6.45) is 0.919. The number of carbonyl (C=O) groups is 1. The van der Waals surface area contributed by atoms with Crippen molar-refractivity contribution < 1.29 is 9.21 Å². The summed E-state index contributed by atoms with van der Waals surface area (Å²) in [6, 6.07) is 3.49. The average molecular weight is 230 g/mol. The molecule has 1 heterocycles. The van der Waals surface area contributed by atoms with Crippen molar-refractivity contribution in [3.05, 3.63) is 23.7 Å². The van der Waals surface area contributed by atoms with Crippen molar-refractivity contribution in [2.45, 2.75) is 20.3 Å². The van der Waals surface area contributed by atoms with E-state index in [1.54, 1.807) is 17.0 Å². The van der Waals surface area contributed by atoms with E-state index >= 15 is 0 Å². The lowest BCUT2D eigenvalue weighted by Crippen LogP contribution is -2.33. The summed E-state index contributed by atoms with van der Waals surface area (Å²) >= 11 is 5.64. The topological polar surface area (TPSA) is 33.5 Å². The van der Waals surface area contributed by atoms with Crippen LogP contribution in [0.4, 0.5) is 0 Å². The van der Waals surface area contributed by atoms with E-state index in [4.69, 9.17) is 16.0 Å². The summed E-state index contributed by atoms with van der Waals surface area (Å²) in [7, 11) is 0. The van der Waals surface area contributed by atoms with Crippen LogP contribution in [0.2, 0.25) is 0 Å². The smallest absolute Gasteiger partial charge is 0.289 e. The molecule has 0 aliphatic carbocycles. The van der Waals surface area contributed by atoms with E-state index in [0.29, 0.717) is 24.7 Å². The summed E-state index contributed by atoms with van der Waals surface area (Å²) in [5.41, 5.74) is 0. The lowest BCUT2D eigenvalue weighted by Gasteiger charge is -2.19. The zero-order chi connectivity index (χ0) is 11.3. The molecule has 15 heavy (non-hydrogen) atoms. The Morgan fingerprint density at radius 1 is 1.47 bits per heavy atom. The van der Waals surface area contributed by atoms with Crippen molar-refractivity contribution in [1.82, 2.24) is 4.90 Å². The molecule has 0 aliphatic heterocycles. The highest BCUT2D eigenvalue weighted by Gasteiger charge is 2.17. The van der Waals surface area contributed by atoms with E-state index in [-0.39, 0.29) is 5.91 Å². The van der Waals surface area contributed by atoms with Crippen LogP contribution in [0.3, 0.4) is 0 Å². The summed E-state index contributed by atoms with van der Waals surface area (Å²) < 4.78 is 5.28. The Hall–Kier alpha value is -0.960. The van der Waals surface area contributed by atoms with Gasteiger partial charge in [-0.05, 0) is 25.5 Å². The van der Waals surface area contributed by atoms with Gasteiger partial charge < -0.3 is 9.32 Å². The number of amides is 1. The minimum atomic E-state index is -0.0781. The minimum Gasteiger partial charge on any atom is -0.456 e. The van der Waals surface area contributed by atoms with Gasteiger partial charge in [0.15, 0.2) is 5.76 Å². The Morgan fingerprint density at radius 3 is 2.67 bits per heavy atom. The fourth-order valence-corrected chi connectivity index (χ4v) is 1.60. The molecule has 1 aromatic rings. The first-order valence-electron chi connectivity index (χ1n) is 5.10. The molecule has 3 nitrogen and oxygen atoms in total. The molecule has 4 heteroatoms. The van der Waals surface area contributed by atoms with Crippen molar-refractivity contribution in [3.63, 3.8) is 0 Å². The van der Waals surface area contributed by atoms with Gasteiger partial charge in [0.1, 0.15) is 5.76 Å². The number of nitrogens with zero attached hydrogens (tertiary/aromatic N) is 1. The maximum absolute atomic E-state index is 11.9. The third-order valence-electron chi connectivity index (χ3n) is 2.09. The quantitative estimate of drug-likeness (QED) is 0.728. The van der Waals surface area contributed by atoms with Gasteiger partial charge in [-0.1, -0.05) is 6.92 Å². The second-order valence-corrected chi connectivity index (χ2v) is 3.77. The van der Waals surface area contributed by atoms with Gasteiger partial charge in [-0.3, -0.25) is 4.79 Å². The van der Waals surface area contributed by atoms with Crippen LogP contribution in [-0.4, -0.2) is 29.8 Å². The second-order valence-electron chi connectivity index (χ2n) is 3.39. The lowest BCUT2D eigenvalue weighted by molar-refractivity contribution is 0.0732. The molecule has 0 unspecified atom stereocenters. The molecule has 1 rings (SSSR count). The maximum atomic E-state index is 11.9. The van der Waals surface area contributed by atoms with Gasteiger partial charge in [0.2, 0.25) is 0 Å². The number of halogens is 1. The van der Waals surface area contributed by atoms with Crippen LogP contribution in [0, 0.1) is 6.92 Å². The van der Waals surface area contributed by atoms with Crippen molar-refractivity contribution in [1.29, 1.82) is 0 Å². The Balaban J connectivity index is 2.71. The zero-order valence-corrected chi connectivity index (χ0v) is 9.88. The first-order valence-corrected chi connectivity index (χ1v) is 5.64. The molecule has 0 atom stereocenters. The highest BCUT2D eigenvalue weighted by Crippen LogP contribution is 2.10. The Bertz CT molecular complexity index is 316. The Morgan fingerprint density at radius 2 is 2.20 bits per heavy atom. The van der Waals surface area contributed by atoms with Crippen LogP contribution in [0.1, 0.15) is 29.7 Å². The first-order chi connectivity index (χ1) is 7.19. The van der Waals surface area contributed by atoms with Crippen molar-refractivity contribution in [2.75, 3.05) is 19.0 Å². The van der Waals surface area contributed by atoms with Gasteiger partial charge in [-0.25, -0.2) is 0 Å². The van der Waals surface area contributed by atoms with Crippen LogP contribution < -0.4 is 0 Å². The Kier molecular flexibility index (Phi) is 4.69. The molecule has 0 fully saturated rings. The molecule has 0 bridgehead atoms. The van der Waals surface area contributed by atoms with Crippen molar-refractivity contribution >= 4 is 17.5 Å². The third kappa shape index (κ3) is 3.27. The van der Waals surface area contributed by atoms with Crippen molar-refractivity contribution in [2.24, 2.45) is 0 Å². The van der Waals surface area contributed by atoms with E-state index in [9.17, 15) is 4.79 Å². The second kappa shape index (κ2) is 5.81. The van der Waals surface area contributed by atoms with E-state index < -0.39 is 0 Å². The number of carbonyl (C=O) groups excluding carboxylic acids is 1. The van der Waals surface area contributed by atoms with Gasteiger partial charge in [-0.2, -0.15) is 0 Å². The normalized spacial score (nSPS) is 10.3. The predicted octanol–water partition coefficient (Wildman–Crippen LogP) is 2.68. The van der Waals surface area contributed by atoms with E-state index in [1.807, 2.05) is 13.8 Å². The van der Waals surface area contributed by atoms with Gasteiger partial charge in [-0.15, -0.1) is 11.6 Å². The molecule has 0 aromatic carbocycles. The van der Waals surface area contributed by atoms with Gasteiger partial charge in [0, 0.05) is 19.0 Å². The van der Waals surface area contributed by atoms with Crippen LogP contribution in [-0.2, 0) is 0 Å². The van der Waals surface area contributed by atoms with Crippen LogP contribution >= 0.6 is 11.6 Å². The van der Waals surface area contributed by atoms with Crippen LogP contribution in [0.25, 0.3) is 0 Å². The lowest BCUT2D eigenvalue weighted by atomic mass is 10.3. The number of hydrogen-bond donors (Lipinski definition) is 0. The monoisotopic (exact) mass is 229 g/mol. The number of alkyl halides is 1. The molecule has 0 saturated heterocycles. The fourth-order valence-electron chi connectivity index (χ4n) is 1.39.